The van der Waals surface area contributed by atoms with E-state index in [0.717, 1.165) is 11.0 Å². The Morgan fingerprint density at radius 1 is 1.10 bits per heavy atom. The van der Waals surface area contributed by atoms with Crippen molar-refractivity contribution in [2.24, 2.45) is 0 Å². The van der Waals surface area contributed by atoms with Crippen LogP contribution in [-0.4, -0.2) is 18.8 Å². The van der Waals surface area contributed by atoms with E-state index in [4.69, 9.17) is 0 Å². The molecule has 0 unspecified atom stereocenters. The largest absolute Gasteiger partial charge is 0.416 e. The maximum atomic E-state index is 13.0. The molecule has 0 atom stereocenters. The molecule has 0 radical (unpaired) electrons. The highest BCUT2D eigenvalue weighted by Gasteiger charge is 2.36. The number of hydrogen-bond donors (Lipinski definition) is 0. The van der Waals surface area contributed by atoms with Gasteiger partial charge < -0.3 is 4.90 Å². The van der Waals surface area contributed by atoms with Gasteiger partial charge >= 0.3 is 12.4 Å². The zero-order valence-corrected chi connectivity index (χ0v) is 12.9. The van der Waals surface area contributed by atoms with Gasteiger partial charge in [-0.25, -0.2) is 0 Å². The molecule has 0 bridgehead atoms. The first-order chi connectivity index (χ1) is 9.45. The Labute approximate surface area is 127 Å². The van der Waals surface area contributed by atoms with Crippen molar-refractivity contribution in [3.8, 4) is 0 Å². The molecular formula is C13H14BrF6N. The third kappa shape index (κ3) is 5.09. The number of hydrogen-bond acceptors (Lipinski definition) is 1. The van der Waals surface area contributed by atoms with Gasteiger partial charge in [0.1, 0.15) is 6.54 Å². The minimum absolute atomic E-state index is 0.0121. The summed E-state index contributed by atoms with van der Waals surface area (Å²) in [6, 6.07) is 2.65. The van der Waals surface area contributed by atoms with Gasteiger partial charge in [-0.05, 0) is 31.5 Å². The first-order valence-electron chi connectivity index (χ1n) is 6.05. The topological polar surface area (TPSA) is 3.24 Å². The van der Waals surface area contributed by atoms with E-state index in [1.54, 1.807) is 0 Å². The monoisotopic (exact) mass is 377 g/mol. The molecule has 0 amide bonds. The number of anilines is 1. The van der Waals surface area contributed by atoms with Gasteiger partial charge in [-0.1, -0.05) is 22.0 Å². The average molecular weight is 378 g/mol. The molecule has 0 saturated carbocycles. The predicted octanol–water partition coefficient (Wildman–Crippen LogP) is 5.38. The van der Waals surface area contributed by atoms with Crippen LogP contribution >= 0.6 is 15.9 Å². The quantitative estimate of drug-likeness (QED) is 0.503. The molecular weight excluding hydrogens is 364 g/mol. The third-order valence-electron chi connectivity index (χ3n) is 2.85. The van der Waals surface area contributed by atoms with Gasteiger partial charge in [0.25, 0.3) is 0 Å². The van der Waals surface area contributed by atoms with Crippen LogP contribution in [0.5, 0.6) is 0 Å². The molecule has 0 aliphatic carbocycles. The van der Waals surface area contributed by atoms with Crippen molar-refractivity contribution in [1.29, 1.82) is 0 Å². The SMILES string of the molecule is CC(C)N(CC(F)(F)F)c1ccc(CBr)c(C(F)(F)F)c1. The van der Waals surface area contributed by atoms with E-state index >= 15 is 0 Å². The smallest absolute Gasteiger partial charge is 0.360 e. The number of halogens is 7. The molecule has 1 rings (SSSR count). The predicted molar refractivity (Wildman–Crippen MR) is 72.6 cm³/mol. The highest BCUT2D eigenvalue weighted by Crippen LogP contribution is 2.36. The van der Waals surface area contributed by atoms with Gasteiger partial charge in [-0.15, -0.1) is 0 Å². The maximum absolute atomic E-state index is 13.0. The molecule has 21 heavy (non-hydrogen) atoms. The van der Waals surface area contributed by atoms with Crippen LogP contribution in [0.4, 0.5) is 32.0 Å². The molecule has 0 aliphatic rings. The van der Waals surface area contributed by atoms with Gasteiger partial charge in [-0.3, -0.25) is 0 Å². The van der Waals surface area contributed by atoms with E-state index in [-0.39, 0.29) is 16.6 Å². The molecule has 0 aliphatic heterocycles. The zero-order chi connectivity index (χ0) is 16.4. The van der Waals surface area contributed by atoms with Gasteiger partial charge in [0.15, 0.2) is 0 Å². The lowest BCUT2D eigenvalue weighted by atomic mass is 10.1. The van der Waals surface area contributed by atoms with Crippen LogP contribution < -0.4 is 4.90 Å². The number of rotatable bonds is 4. The van der Waals surface area contributed by atoms with Crippen LogP contribution in [0.3, 0.4) is 0 Å². The van der Waals surface area contributed by atoms with Crippen LogP contribution in [0.25, 0.3) is 0 Å². The van der Waals surface area contributed by atoms with Gasteiger partial charge in [-0.2, -0.15) is 26.3 Å². The summed E-state index contributed by atoms with van der Waals surface area (Å²) in [7, 11) is 0. The van der Waals surface area contributed by atoms with Gasteiger partial charge in [0, 0.05) is 17.1 Å². The van der Waals surface area contributed by atoms with Crippen molar-refractivity contribution >= 4 is 21.6 Å². The fourth-order valence-electron chi connectivity index (χ4n) is 1.89. The molecule has 8 heteroatoms. The van der Waals surface area contributed by atoms with Crippen LogP contribution in [0, 0.1) is 0 Å². The number of benzene rings is 1. The second-order valence-electron chi connectivity index (χ2n) is 4.81. The van der Waals surface area contributed by atoms with E-state index in [1.807, 2.05) is 0 Å². The van der Waals surface area contributed by atoms with Crippen LogP contribution in [-0.2, 0) is 11.5 Å². The summed E-state index contributed by atoms with van der Waals surface area (Å²) in [4.78, 5) is 0.896. The molecule has 1 aromatic carbocycles. The molecule has 0 fully saturated rings. The van der Waals surface area contributed by atoms with Crippen molar-refractivity contribution in [1.82, 2.24) is 0 Å². The normalized spacial score (nSPS) is 12.9. The lowest BCUT2D eigenvalue weighted by Gasteiger charge is -2.30. The first-order valence-corrected chi connectivity index (χ1v) is 7.17. The second kappa shape index (κ2) is 6.46. The minimum atomic E-state index is -4.61. The van der Waals surface area contributed by atoms with Crippen molar-refractivity contribution in [2.45, 2.75) is 37.6 Å². The minimum Gasteiger partial charge on any atom is -0.360 e. The fourth-order valence-corrected chi connectivity index (χ4v) is 2.38. The Morgan fingerprint density at radius 3 is 2.05 bits per heavy atom. The summed E-state index contributed by atoms with van der Waals surface area (Å²) < 4.78 is 76.5. The Hall–Kier alpha value is -0.920. The maximum Gasteiger partial charge on any atom is 0.416 e. The summed E-state index contributed by atoms with van der Waals surface area (Å²) in [6.45, 7) is 1.70. The molecule has 0 aromatic heterocycles. The lowest BCUT2D eigenvalue weighted by molar-refractivity contribution is -0.138. The van der Waals surface area contributed by atoms with E-state index in [2.05, 4.69) is 15.9 Å². The standard InChI is InChI=1S/C13H14BrF6N/c1-8(2)21(7-12(15,16)17)10-4-3-9(6-14)11(5-10)13(18,19)20/h3-5,8H,6-7H2,1-2H3. The molecule has 1 nitrogen and oxygen atoms in total. The lowest BCUT2D eigenvalue weighted by Crippen LogP contribution is -2.39. The van der Waals surface area contributed by atoms with E-state index in [1.165, 1.54) is 26.0 Å². The first kappa shape index (κ1) is 18.1. The summed E-state index contributed by atoms with van der Waals surface area (Å²) >= 11 is 2.95. The average Bonchev–Trinajstić information content (AvgIpc) is 2.33. The highest BCUT2D eigenvalue weighted by molar-refractivity contribution is 9.08. The zero-order valence-electron chi connectivity index (χ0n) is 11.3. The van der Waals surface area contributed by atoms with Gasteiger partial charge in [0.05, 0.1) is 5.56 Å². The Balaban J connectivity index is 3.28. The molecule has 120 valence electrons. The second-order valence-corrected chi connectivity index (χ2v) is 5.37. The Kier molecular flexibility index (Phi) is 5.57. The van der Waals surface area contributed by atoms with Crippen LogP contribution in [0.2, 0.25) is 0 Å². The van der Waals surface area contributed by atoms with E-state index in [0.29, 0.717) is 0 Å². The van der Waals surface area contributed by atoms with Crippen molar-refractivity contribution in [2.75, 3.05) is 11.4 Å². The summed E-state index contributed by atoms with van der Waals surface area (Å²) in [5.74, 6) is 0. The van der Waals surface area contributed by atoms with Crippen LogP contribution in [0.1, 0.15) is 25.0 Å². The molecule has 1 aromatic rings. The van der Waals surface area contributed by atoms with Crippen molar-refractivity contribution < 1.29 is 26.3 Å². The van der Waals surface area contributed by atoms with Crippen molar-refractivity contribution in [3.63, 3.8) is 0 Å². The molecule has 0 heterocycles. The molecule has 0 N–H and O–H groups in total. The molecule has 0 saturated heterocycles. The number of nitrogens with zero attached hydrogens (tertiary/aromatic N) is 1. The summed E-state index contributed by atoms with van der Waals surface area (Å²) in [5.41, 5.74) is -1.04. The highest BCUT2D eigenvalue weighted by atomic mass is 79.9. The van der Waals surface area contributed by atoms with Crippen LogP contribution in [0.15, 0.2) is 18.2 Å². The third-order valence-corrected chi connectivity index (χ3v) is 3.45. The van der Waals surface area contributed by atoms with Crippen molar-refractivity contribution in [3.05, 3.63) is 29.3 Å². The van der Waals surface area contributed by atoms with E-state index < -0.39 is 30.5 Å². The summed E-state index contributed by atoms with van der Waals surface area (Å²) in [5, 5.41) is -0.0247. The Bertz CT molecular complexity index is 481. The Morgan fingerprint density at radius 2 is 1.67 bits per heavy atom. The van der Waals surface area contributed by atoms with Gasteiger partial charge in [0.2, 0.25) is 0 Å². The fraction of sp³-hybridized carbons (Fsp3) is 0.538. The summed E-state index contributed by atoms with van der Waals surface area (Å²) in [6.07, 6.45) is -9.10. The molecule has 0 spiro atoms. The number of alkyl halides is 7. The van der Waals surface area contributed by atoms with E-state index in [9.17, 15) is 26.3 Å².